The van der Waals surface area contributed by atoms with Crippen LogP contribution in [0.4, 0.5) is 0 Å². The standard InChI is InChI=1S/C22H34N6O2/c1-5-30-13-12-22(10-11-22)16-25-21(24-15-20-27-26-17(2)28(20)3)23-14-18-6-8-19(29-4)9-7-18/h6-9H,5,10-16H2,1-4H3,(H2,23,24,25). The number of ether oxygens (including phenoxy) is 2. The highest BCUT2D eigenvalue weighted by atomic mass is 16.5. The fourth-order valence-corrected chi connectivity index (χ4v) is 3.24. The van der Waals surface area contributed by atoms with Crippen LogP contribution in [-0.2, 0) is 24.9 Å². The molecule has 0 amide bonds. The van der Waals surface area contributed by atoms with Crippen molar-refractivity contribution in [3.63, 3.8) is 0 Å². The molecule has 2 aromatic rings. The molecule has 1 fully saturated rings. The Morgan fingerprint density at radius 1 is 1.20 bits per heavy atom. The van der Waals surface area contributed by atoms with Gasteiger partial charge in [0, 0.05) is 26.8 Å². The van der Waals surface area contributed by atoms with Crippen LogP contribution < -0.4 is 15.4 Å². The molecule has 0 saturated heterocycles. The average Bonchev–Trinajstić information content (AvgIpc) is 3.47. The molecule has 1 aliphatic rings. The van der Waals surface area contributed by atoms with Crippen LogP contribution in [0.1, 0.15) is 43.4 Å². The van der Waals surface area contributed by atoms with Crippen molar-refractivity contribution in [1.29, 1.82) is 0 Å². The first-order chi connectivity index (χ1) is 14.5. The first kappa shape index (κ1) is 22.1. The van der Waals surface area contributed by atoms with Crippen molar-refractivity contribution in [2.24, 2.45) is 17.5 Å². The molecule has 0 aliphatic heterocycles. The van der Waals surface area contributed by atoms with E-state index in [1.807, 2.05) is 49.7 Å². The summed E-state index contributed by atoms with van der Waals surface area (Å²) in [6.45, 7) is 7.63. The first-order valence-electron chi connectivity index (χ1n) is 10.6. The van der Waals surface area contributed by atoms with Gasteiger partial charge < -0.3 is 24.7 Å². The highest BCUT2D eigenvalue weighted by molar-refractivity contribution is 5.79. The fourth-order valence-electron chi connectivity index (χ4n) is 3.24. The Balaban J connectivity index is 1.61. The molecule has 0 bridgehead atoms. The first-order valence-corrected chi connectivity index (χ1v) is 10.6. The molecule has 0 unspecified atom stereocenters. The zero-order valence-corrected chi connectivity index (χ0v) is 18.6. The third kappa shape index (κ3) is 6.19. The minimum Gasteiger partial charge on any atom is -0.497 e. The Hall–Kier alpha value is -2.61. The maximum atomic E-state index is 5.56. The summed E-state index contributed by atoms with van der Waals surface area (Å²) in [5.74, 6) is 3.41. The van der Waals surface area contributed by atoms with Gasteiger partial charge in [0.25, 0.3) is 0 Å². The summed E-state index contributed by atoms with van der Waals surface area (Å²) in [6.07, 6.45) is 3.56. The van der Waals surface area contributed by atoms with E-state index in [-0.39, 0.29) is 0 Å². The molecule has 2 N–H and O–H groups in total. The molecular formula is C22H34N6O2. The van der Waals surface area contributed by atoms with E-state index in [9.17, 15) is 0 Å². The van der Waals surface area contributed by atoms with E-state index in [0.717, 1.165) is 55.1 Å². The second-order valence-electron chi connectivity index (χ2n) is 7.89. The molecule has 3 rings (SSSR count). The number of hydrogen-bond donors (Lipinski definition) is 2. The van der Waals surface area contributed by atoms with Gasteiger partial charge in [-0.1, -0.05) is 12.1 Å². The topological polar surface area (TPSA) is 85.6 Å². The number of guanidine groups is 1. The van der Waals surface area contributed by atoms with E-state index in [2.05, 4.69) is 20.8 Å². The molecule has 1 saturated carbocycles. The van der Waals surface area contributed by atoms with Crippen LogP contribution >= 0.6 is 0 Å². The van der Waals surface area contributed by atoms with E-state index in [1.54, 1.807) is 7.11 Å². The summed E-state index contributed by atoms with van der Waals surface area (Å²) in [5, 5.41) is 15.3. The smallest absolute Gasteiger partial charge is 0.191 e. The van der Waals surface area contributed by atoms with Crippen LogP contribution in [0.3, 0.4) is 0 Å². The Labute approximate surface area is 179 Å². The van der Waals surface area contributed by atoms with E-state index >= 15 is 0 Å². The molecular weight excluding hydrogens is 380 g/mol. The van der Waals surface area contributed by atoms with Crippen molar-refractivity contribution in [1.82, 2.24) is 25.4 Å². The number of aliphatic imine (C=N–C) groups is 1. The largest absolute Gasteiger partial charge is 0.497 e. The lowest BCUT2D eigenvalue weighted by atomic mass is 10.0. The van der Waals surface area contributed by atoms with Gasteiger partial charge in [0.1, 0.15) is 11.6 Å². The highest BCUT2D eigenvalue weighted by Gasteiger charge is 2.41. The number of rotatable bonds is 11. The number of hydrogen-bond acceptors (Lipinski definition) is 5. The van der Waals surface area contributed by atoms with Gasteiger partial charge in [-0.25, -0.2) is 4.99 Å². The molecule has 0 spiro atoms. The van der Waals surface area contributed by atoms with E-state index < -0.39 is 0 Å². The summed E-state index contributed by atoms with van der Waals surface area (Å²) in [5.41, 5.74) is 1.46. The second-order valence-corrected chi connectivity index (χ2v) is 7.89. The number of methoxy groups -OCH3 is 1. The summed E-state index contributed by atoms with van der Waals surface area (Å²) in [6, 6.07) is 7.99. The summed E-state index contributed by atoms with van der Waals surface area (Å²) >= 11 is 0. The van der Waals surface area contributed by atoms with Gasteiger partial charge in [0.2, 0.25) is 0 Å². The lowest BCUT2D eigenvalue weighted by Crippen LogP contribution is -2.40. The zero-order chi connectivity index (χ0) is 21.4. The normalized spacial score (nSPS) is 15.1. The average molecular weight is 415 g/mol. The van der Waals surface area contributed by atoms with E-state index in [4.69, 9.17) is 14.5 Å². The number of aryl methyl sites for hydroxylation is 1. The van der Waals surface area contributed by atoms with Crippen LogP contribution in [-0.4, -0.2) is 47.6 Å². The molecule has 1 heterocycles. The molecule has 8 nitrogen and oxygen atoms in total. The SMILES string of the molecule is CCOCCC1(CNC(=NCc2ccc(OC)cc2)NCc2nnc(C)n2C)CC1. The molecule has 0 atom stereocenters. The van der Waals surface area contributed by atoms with Gasteiger partial charge in [-0.05, 0) is 56.2 Å². The van der Waals surface area contributed by atoms with Crippen molar-refractivity contribution in [3.8, 4) is 5.75 Å². The van der Waals surface area contributed by atoms with Crippen molar-refractivity contribution in [2.45, 2.75) is 46.2 Å². The Morgan fingerprint density at radius 2 is 1.97 bits per heavy atom. The Kier molecular flexibility index (Phi) is 7.68. The summed E-state index contributed by atoms with van der Waals surface area (Å²) in [7, 11) is 3.65. The van der Waals surface area contributed by atoms with Gasteiger partial charge >= 0.3 is 0 Å². The van der Waals surface area contributed by atoms with Crippen LogP contribution in [0.5, 0.6) is 5.75 Å². The predicted molar refractivity (Wildman–Crippen MR) is 117 cm³/mol. The summed E-state index contributed by atoms with van der Waals surface area (Å²) < 4.78 is 12.8. The zero-order valence-electron chi connectivity index (χ0n) is 18.6. The van der Waals surface area contributed by atoms with E-state index in [0.29, 0.717) is 18.5 Å². The molecule has 1 aromatic carbocycles. The van der Waals surface area contributed by atoms with Crippen molar-refractivity contribution >= 4 is 5.96 Å². The molecule has 30 heavy (non-hydrogen) atoms. The number of benzene rings is 1. The van der Waals surface area contributed by atoms with Crippen molar-refractivity contribution in [2.75, 3.05) is 26.9 Å². The summed E-state index contributed by atoms with van der Waals surface area (Å²) in [4.78, 5) is 4.79. The Morgan fingerprint density at radius 3 is 2.57 bits per heavy atom. The second kappa shape index (κ2) is 10.4. The molecule has 1 aromatic heterocycles. The lowest BCUT2D eigenvalue weighted by molar-refractivity contribution is 0.128. The number of nitrogens with zero attached hydrogens (tertiary/aromatic N) is 4. The van der Waals surface area contributed by atoms with E-state index in [1.165, 1.54) is 12.8 Å². The molecule has 8 heteroatoms. The van der Waals surface area contributed by atoms with Crippen molar-refractivity contribution < 1.29 is 9.47 Å². The third-order valence-corrected chi connectivity index (χ3v) is 5.74. The Bertz CT molecular complexity index is 827. The number of aromatic nitrogens is 3. The third-order valence-electron chi connectivity index (χ3n) is 5.74. The van der Waals surface area contributed by atoms with Gasteiger partial charge in [0.05, 0.1) is 20.2 Å². The maximum Gasteiger partial charge on any atom is 0.191 e. The van der Waals surface area contributed by atoms with Gasteiger partial charge in [-0.3, -0.25) is 0 Å². The highest BCUT2D eigenvalue weighted by Crippen LogP contribution is 2.48. The van der Waals surface area contributed by atoms with Gasteiger partial charge in [-0.15, -0.1) is 10.2 Å². The molecule has 1 aliphatic carbocycles. The predicted octanol–water partition coefficient (Wildman–Crippen LogP) is 2.57. The minimum absolute atomic E-state index is 0.332. The quantitative estimate of drug-likeness (QED) is 0.334. The fraction of sp³-hybridized carbons (Fsp3) is 0.591. The molecule has 0 radical (unpaired) electrons. The molecule has 164 valence electrons. The van der Waals surface area contributed by atoms with Crippen molar-refractivity contribution in [3.05, 3.63) is 41.5 Å². The van der Waals surface area contributed by atoms with Gasteiger partial charge in [0.15, 0.2) is 11.8 Å². The van der Waals surface area contributed by atoms with Crippen LogP contribution in [0.25, 0.3) is 0 Å². The van der Waals surface area contributed by atoms with Gasteiger partial charge in [-0.2, -0.15) is 0 Å². The lowest BCUT2D eigenvalue weighted by Gasteiger charge is -2.19. The minimum atomic E-state index is 0.332. The number of nitrogens with one attached hydrogen (secondary N) is 2. The maximum absolute atomic E-state index is 5.56. The van der Waals surface area contributed by atoms with Crippen LogP contribution in [0, 0.1) is 12.3 Å². The van der Waals surface area contributed by atoms with Crippen LogP contribution in [0.15, 0.2) is 29.3 Å². The monoisotopic (exact) mass is 414 g/mol. The van der Waals surface area contributed by atoms with Crippen LogP contribution in [0.2, 0.25) is 0 Å².